The summed E-state index contributed by atoms with van der Waals surface area (Å²) in [7, 11) is 0. The van der Waals surface area contributed by atoms with Crippen molar-refractivity contribution in [3.8, 4) is 22.8 Å². The van der Waals surface area contributed by atoms with Crippen molar-refractivity contribution in [2.24, 2.45) is 0 Å². The largest absolute Gasteiger partial charge is 0.490 e. The highest BCUT2D eigenvalue weighted by molar-refractivity contribution is 6.04. The van der Waals surface area contributed by atoms with Crippen molar-refractivity contribution in [1.29, 1.82) is 0 Å². The lowest BCUT2D eigenvalue weighted by atomic mass is 10.1. The van der Waals surface area contributed by atoms with Gasteiger partial charge in [0.2, 0.25) is 0 Å². The fourth-order valence-electron chi connectivity index (χ4n) is 2.62. The maximum atomic E-state index is 12.7. The average molecular weight is 380 g/mol. The molecule has 0 aliphatic rings. The summed E-state index contributed by atoms with van der Waals surface area (Å²) < 4.78 is 16.8. The number of nitrogens with one attached hydrogen (secondary N) is 1. The van der Waals surface area contributed by atoms with Gasteiger partial charge < -0.3 is 19.2 Å². The SMILES string of the molecule is CCCOc1ccc(C(=O)Nc2cccc(-c3cnco3)c2)cc1OCCC. The standard InChI is InChI=1S/C22H24N2O4/c1-3-10-26-19-9-8-17(13-20(19)27-11-4-2)22(25)24-18-7-5-6-16(12-18)21-14-23-15-28-21/h5-9,12-15H,3-4,10-11H2,1-2H3,(H,24,25). The average Bonchev–Trinajstić information content (AvgIpc) is 3.26. The van der Waals surface area contributed by atoms with Crippen LogP contribution < -0.4 is 14.8 Å². The fraction of sp³-hybridized carbons (Fsp3) is 0.273. The molecule has 0 aliphatic heterocycles. The zero-order chi connectivity index (χ0) is 19.8. The second-order valence-electron chi connectivity index (χ2n) is 6.26. The summed E-state index contributed by atoms with van der Waals surface area (Å²) in [6.07, 6.45) is 4.78. The molecule has 1 aromatic heterocycles. The lowest BCUT2D eigenvalue weighted by Crippen LogP contribution is -2.12. The zero-order valence-electron chi connectivity index (χ0n) is 16.1. The molecular formula is C22H24N2O4. The van der Waals surface area contributed by atoms with Crippen molar-refractivity contribution in [2.45, 2.75) is 26.7 Å². The maximum absolute atomic E-state index is 12.7. The summed E-state index contributed by atoms with van der Waals surface area (Å²) in [5.41, 5.74) is 2.01. The molecule has 0 fully saturated rings. The van der Waals surface area contributed by atoms with Gasteiger partial charge in [0.1, 0.15) is 0 Å². The lowest BCUT2D eigenvalue weighted by Gasteiger charge is -2.14. The predicted molar refractivity (Wildman–Crippen MR) is 108 cm³/mol. The van der Waals surface area contributed by atoms with E-state index >= 15 is 0 Å². The maximum Gasteiger partial charge on any atom is 0.255 e. The van der Waals surface area contributed by atoms with Crippen LogP contribution >= 0.6 is 0 Å². The number of carbonyl (C=O) groups is 1. The van der Waals surface area contributed by atoms with E-state index in [2.05, 4.69) is 10.3 Å². The number of benzene rings is 2. The van der Waals surface area contributed by atoms with Crippen LogP contribution in [-0.4, -0.2) is 24.1 Å². The van der Waals surface area contributed by atoms with Gasteiger partial charge in [0.05, 0.1) is 19.4 Å². The number of carbonyl (C=O) groups excluding carboxylic acids is 1. The molecule has 6 heteroatoms. The Balaban J connectivity index is 1.77. The molecule has 6 nitrogen and oxygen atoms in total. The number of amides is 1. The molecule has 0 aliphatic carbocycles. The molecule has 2 aromatic carbocycles. The van der Waals surface area contributed by atoms with E-state index in [0.717, 1.165) is 18.4 Å². The predicted octanol–water partition coefficient (Wildman–Crippen LogP) is 5.17. The minimum Gasteiger partial charge on any atom is -0.490 e. The third-order valence-electron chi connectivity index (χ3n) is 3.97. The van der Waals surface area contributed by atoms with Gasteiger partial charge in [-0.15, -0.1) is 0 Å². The number of hydrogen-bond acceptors (Lipinski definition) is 5. The van der Waals surface area contributed by atoms with Crippen LogP contribution in [0.25, 0.3) is 11.3 Å². The van der Waals surface area contributed by atoms with E-state index in [0.29, 0.717) is 41.7 Å². The summed E-state index contributed by atoms with van der Waals surface area (Å²) in [6.45, 7) is 5.24. The van der Waals surface area contributed by atoms with Crippen molar-refractivity contribution in [1.82, 2.24) is 4.98 Å². The van der Waals surface area contributed by atoms with E-state index in [1.54, 1.807) is 24.4 Å². The van der Waals surface area contributed by atoms with Gasteiger partial charge in [-0.05, 0) is 43.2 Å². The summed E-state index contributed by atoms with van der Waals surface area (Å²) in [6, 6.07) is 12.6. The molecule has 1 N–H and O–H groups in total. The fourth-order valence-corrected chi connectivity index (χ4v) is 2.62. The van der Waals surface area contributed by atoms with Crippen molar-refractivity contribution in [3.05, 3.63) is 60.6 Å². The monoisotopic (exact) mass is 380 g/mol. The van der Waals surface area contributed by atoms with Gasteiger partial charge in [-0.3, -0.25) is 4.79 Å². The summed E-state index contributed by atoms with van der Waals surface area (Å²) in [4.78, 5) is 16.6. The van der Waals surface area contributed by atoms with Gasteiger partial charge in [-0.2, -0.15) is 0 Å². The van der Waals surface area contributed by atoms with Crippen molar-refractivity contribution < 1.29 is 18.7 Å². The number of rotatable bonds is 9. The summed E-state index contributed by atoms with van der Waals surface area (Å²) in [5.74, 6) is 1.65. The first kappa shape index (κ1) is 19.5. The van der Waals surface area contributed by atoms with E-state index < -0.39 is 0 Å². The Morgan fingerprint density at radius 1 is 1.04 bits per heavy atom. The van der Waals surface area contributed by atoms with Crippen molar-refractivity contribution in [2.75, 3.05) is 18.5 Å². The quantitative estimate of drug-likeness (QED) is 0.554. The van der Waals surface area contributed by atoms with E-state index in [1.807, 2.05) is 38.1 Å². The van der Waals surface area contributed by atoms with Crippen LogP contribution in [0.5, 0.6) is 11.5 Å². The minimum atomic E-state index is -0.224. The first-order valence-corrected chi connectivity index (χ1v) is 9.41. The molecular weight excluding hydrogens is 356 g/mol. The van der Waals surface area contributed by atoms with E-state index in [-0.39, 0.29) is 5.91 Å². The Labute approximate surface area is 164 Å². The van der Waals surface area contributed by atoms with Crippen LogP contribution in [0.3, 0.4) is 0 Å². The number of ether oxygens (including phenoxy) is 2. The molecule has 1 amide bonds. The molecule has 0 radical (unpaired) electrons. The molecule has 1 heterocycles. The Morgan fingerprint density at radius 2 is 1.82 bits per heavy atom. The number of anilines is 1. The van der Waals surface area contributed by atoms with Crippen molar-refractivity contribution >= 4 is 11.6 Å². The lowest BCUT2D eigenvalue weighted by molar-refractivity contribution is 0.102. The zero-order valence-corrected chi connectivity index (χ0v) is 16.1. The molecule has 146 valence electrons. The molecule has 3 rings (SSSR count). The Hall–Kier alpha value is -3.28. The van der Waals surface area contributed by atoms with Gasteiger partial charge >= 0.3 is 0 Å². The minimum absolute atomic E-state index is 0.224. The molecule has 0 spiro atoms. The number of oxazole rings is 1. The van der Waals surface area contributed by atoms with Gasteiger partial charge in [-0.25, -0.2) is 4.98 Å². The number of hydrogen-bond donors (Lipinski definition) is 1. The molecule has 3 aromatic rings. The van der Waals surface area contributed by atoms with Gasteiger partial charge in [0.25, 0.3) is 5.91 Å². The molecule has 0 atom stereocenters. The van der Waals surface area contributed by atoms with Crippen LogP contribution in [0.2, 0.25) is 0 Å². The number of aromatic nitrogens is 1. The highest BCUT2D eigenvalue weighted by atomic mass is 16.5. The molecule has 0 saturated carbocycles. The Kier molecular flexibility index (Phi) is 6.68. The van der Waals surface area contributed by atoms with Crippen LogP contribution in [0, 0.1) is 0 Å². The van der Waals surface area contributed by atoms with Crippen LogP contribution in [0.4, 0.5) is 5.69 Å². The van der Waals surface area contributed by atoms with Crippen molar-refractivity contribution in [3.63, 3.8) is 0 Å². The van der Waals surface area contributed by atoms with Gasteiger partial charge in [0.15, 0.2) is 23.7 Å². The Bertz CT molecular complexity index is 907. The van der Waals surface area contributed by atoms with Crippen LogP contribution in [-0.2, 0) is 0 Å². The van der Waals surface area contributed by atoms with Gasteiger partial charge in [0, 0.05) is 16.8 Å². The molecule has 0 bridgehead atoms. The topological polar surface area (TPSA) is 73.6 Å². The first-order valence-electron chi connectivity index (χ1n) is 9.41. The third-order valence-corrected chi connectivity index (χ3v) is 3.97. The summed E-state index contributed by atoms with van der Waals surface area (Å²) in [5, 5.41) is 2.91. The molecule has 0 unspecified atom stereocenters. The summed E-state index contributed by atoms with van der Waals surface area (Å²) >= 11 is 0. The van der Waals surface area contributed by atoms with Crippen LogP contribution in [0.15, 0.2) is 59.5 Å². The smallest absolute Gasteiger partial charge is 0.255 e. The second-order valence-corrected chi connectivity index (χ2v) is 6.26. The van der Waals surface area contributed by atoms with Crippen LogP contribution in [0.1, 0.15) is 37.0 Å². The first-order chi connectivity index (χ1) is 13.7. The molecule has 28 heavy (non-hydrogen) atoms. The highest BCUT2D eigenvalue weighted by Gasteiger charge is 2.13. The van der Waals surface area contributed by atoms with E-state index in [4.69, 9.17) is 13.9 Å². The molecule has 0 saturated heterocycles. The second kappa shape index (κ2) is 9.60. The van der Waals surface area contributed by atoms with Gasteiger partial charge in [-0.1, -0.05) is 26.0 Å². The normalized spacial score (nSPS) is 10.5. The highest BCUT2D eigenvalue weighted by Crippen LogP contribution is 2.29. The van der Waals surface area contributed by atoms with E-state index in [9.17, 15) is 4.79 Å². The third kappa shape index (κ3) is 4.91. The van der Waals surface area contributed by atoms with E-state index in [1.165, 1.54) is 6.39 Å². The number of nitrogens with zero attached hydrogens (tertiary/aromatic N) is 1. The Morgan fingerprint density at radius 3 is 2.54 bits per heavy atom.